The molecule has 0 aromatic heterocycles. The Labute approximate surface area is 123 Å². The van der Waals surface area contributed by atoms with E-state index in [0.717, 1.165) is 0 Å². The van der Waals surface area contributed by atoms with Crippen LogP contribution in [-0.4, -0.2) is 53.3 Å². The van der Waals surface area contributed by atoms with Crippen LogP contribution in [0.3, 0.4) is 0 Å². The van der Waals surface area contributed by atoms with Crippen LogP contribution in [0.15, 0.2) is 0 Å². The van der Waals surface area contributed by atoms with Gasteiger partial charge < -0.3 is 19.3 Å². The molecule has 3 atom stereocenters. The van der Waals surface area contributed by atoms with Crippen LogP contribution >= 0.6 is 0 Å². The second kappa shape index (κ2) is 6.53. The van der Waals surface area contributed by atoms with Gasteiger partial charge in [-0.2, -0.15) is 0 Å². The molecule has 0 aromatic rings. The lowest BCUT2D eigenvalue weighted by atomic mass is 9.94. The van der Waals surface area contributed by atoms with Gasteiger partial charge in [-0.15, -0.1) is 0 Å². The molecule has 0 radical (unpaired) electrons. The highest BCUT2D eigenvalue weighted by molar-refractivity contribution is 5.89. The number of hydrogen-bond acceptors (Lipinski definition) is 7. The minimum absolute atomic E-state index is 0.207. The highest BCUT2D eigenvalue weighted by Gasteiger charge is 2.48. The van der Waals surface area contributed by atoms with Crippen molar-refractivity contribution in [3.05, 3.63) is 0 Å². The number of ether oxygens (including phenoxy) is 3. The number of carbonyl (C=O) groups is 3. The second-order valence-electron chi connectivity index (χ2n) is 5.72. The van der Waals surface area contributed by atoms with Crippen molar-refractivity contribution < 1.29 is 33.7 Å². The van der Waals surface area contributed by atoms with Gasteiger partial charge in [0.25, 0.3) is 0 Å². The van der Waals surface area contributed by atoms with Gasteiger partial charge in [0.2, 0.25) is 5.78 Å². The molecule has 1 rings (SSSR count). The van der Waals surface area contributed by atoms with Crippen LogP contribution in [0.5, 0.6) is 0 Å². The first-order valence-electron chi connectivity index (χ1n) is 6.77. The number of esters is 2. The van der Waals surface area contributed by atoms with Gasteiger partial charge in [-0.3, -0.25) is 14.4 Å². The Morgan fingerprint density at radius 3 is 2.38 bits per heavy atom. The molecule has 0 spiro atoms. The molecule has 0 unspecified atom stereocenters. The highest BCUT2D eigenvalue weighted by Crippen LogP contribution is 2.36. The van der Waals surface area contributed by atoms with Crippen LogP contribution in [-0.2, 0) is 28.6 Å². The SMILES string of the molecule is CC(=O)OCC(=O)[C@]1(C)CC[C@H]([C@](C)(O)COC(C)=O)O1. The van der Waals surface area contributed by atoms with Gasteiger partial charge in [-0.1, -0.05) is 0 Å². The Morgan fingerprint density at radius 2 is 1.86 bits per heavy atom. The molecule has 7 nitrogen and oxygen atoms in total. The van der Waals surface area contributed by atoms with Crippen molar-refractivity contribution in [3.8, 4) is 0 Å². The molecule has 0 bridgehead atoms. The number of aliphatic hydroxyl groups is 1. The summed E-state index contributed by atoms with van der Waals surface area (Å²) < 4.78 is 15.1. The van der Waals surface area contributed by atoms with Gasteiger partial charge in [0.1, 0.15) is 17.8 Å². The number of Topliss-reactive ketones (excluding diaryl/α,β-unsaturated/α-hetero) is 1. The predicted octanol–water partition coefficient (Wildman–Crippen LogP) is 0.370. The number of rotatable bonds is 6. The van der Waals surface area contributed by atoms with E-state index < -0.39 is 29.2 Å². The Morgan fingerprint density at radius 1 is 1.29 bits per heavy atom. The summed E-state index contributed by atoms with van der Waals surface area (Å²) in [6.45, 7) is 4.99. The third kappa shape index (κ3) is 4.78. The van der Waals surface area contributed by atoms with Crippen molar-refractivity contribution in [1.82, 2.24) is 0 Å². The van der Waals surface area contributed by atoms with E-state index in [1.54, 1.807) is 6.92 Å². The first kappa shape index (κ1) is 17.6. The summed E-state index contributed by atoms with van der Waals surface area (Å²) in [5.41, 5.74) is -2.49. The van der Waals surface area contributed by atoms with Gasteiger partial charge in [-0.05, 0) is 26.7 Å². The van der Waals surface area contributed by atoms with Gasteiger partial charge >= 0.3 is 11.9 Å². The van der Waals surface area contributed by atoms with E-state index in [1.807, 2.05) is 0 Å². The summed E-state index contributed by atoms with van der Waals surface area (Å²) in [7, 11) is 0. The second-order valence-corrected chi connectivity index (χ2v) is 5.72. The van der Waals surface area contributed by atoms with Crippen molar-refractivity contribution >= 4 is 17.7 Å². The maximum Gasteiger partial charge on any atom is 0.303 e. The van der Waals surface area contributed by atoms with Crippen molar-refractivity contribution in [1.29, 1.82) is 0 Å². The van der Waals surface area contributed by atoms with E-state index in [-0.39, 0.29) is 19.0 Å². The first-order valence-corrected chi connectivity index (χ1v) is 6.77. The Balaban J connectivity index is 2.62. The molecule has 1 heterocycles. The molecule has 0 aromatic carbocycles. The maximum atomic E-state index is 12.0. The quantitative estimate of drug-likeness (QED) is 0.708. The van der Waals surface area contributed by atoms with E-state index in [0.29, 0.717) is 12.8 Å². The summed E-state index contributed by atoms with van der Waals surface area (Å²) in [6.07, 6.45) is 0.202. The molecule has 0 aliphatic carbocycles. The summed E-state index contributed by atoms with van der Waals surface area (Å²) in [5.74, 6) is -1.39. The first-order chi connectivity index (χ1) is 9.57. The predicted molar refractivity (Wildman–Crippen MR) is 71.4 cm³/mol. The summed E-state index contributed by atoms with van der Waals surface area (Å²) in [5, 5.41) is 10.3. The zero-order chi connectivity index (χ0) is 16.3. The zero-order valence-electron chi connectivity index (χ0n) is 12.8. The number of ketones is 1. The lowest BCUT2D eigenvalue weighted by Crippen LogP contribution is -2.47. The summed E-state index contributed by atoms with van der Waals surface area (Å²) in [4.78, 5) is 33.6. The maximum absolute atomic E-state index is 12.0. The molecule has 120 valence electrons. The molecule has 1 aliphatic heterocycles. The Bertz CT molecular complexity index is 429. The zero-order valence-corrected chi connectivity index (χ0v) is 12.8. The van der Waals surface area contributed by atoms with E-state index >= 15 is 0 Å². The van der Waals surface area contributed by atoms with Gasteiger partial charge in [-0.25, -0.2) is 0 Å². The number of hydrogen-bond donors (Lipinski definition) is 1. The molecule has 1 aliphatic rings. The van der Waals surface area contributed by atoms with Crippen molar-refractivity contribution in [2.45, 2.75) is 57.8 Å². The monoisotopic (exact) mass is 302 g/mol. The lowest BCUT2D eigenvalue weighted by molar-refractivity contribution is -0.174. The molecule has 1 N–H and O–H groups in total. The fourth-order valence-corrected chi connectivity index (χ4v) is 2.14. The molecular weight excluding hydrogens is 280 g/mol. The minimum Gasteiger partial charge on any atom is -0.463 e. The molecule has 21 heavy (non-hydrogen) atoms. The molecule has 7 heteroatoms. The third-order valence-corrected chi connectivity index (χ3v) is 3.54. The minimum atomic E-state index is -1.38. The molecular formula is C14H22O7. The highest BCUT2D eigenvalue weighted by atomic mass is 16.6. The number of carbonyl (C=O) groups excluding carboxylic acids is 3. The lowest BCUT2D eigenvalue weighted by Gasteiger charge is -2.31. The molecule has 1 fully saturated rings. The Kier molecular flexibility index (Phi) is 5.47. The van der Waals surface area contributed by atoms with Gasteiger partial charge in [0.15, 0.2) is 6.61 Å². The Hall–Kier alpha value is -1.47. The fourth-order valence-electron chi connectivity index (χ4n) is 2.14. The van der Waals surface area contributed by atoms with E-state index in [9.17, 15) is 19.5 Å². The standard InChI is InChI=1S/C14H22O7/c1-9(15)19-7-11(17)14(4)6-5-12(21-14)13(3,18)8-20-10(2)16/h12,18H,5-8H2,1-4H3/t12-,13-,14+/m1/s1. The van der Waals surface area contributed by atoms with E-state index in [4.69, 9.17) is 9.47 Å². The molecule has 0 saturated carbocycles. The van der Waals surface area contributed by atoms with Gasteiger partial charge in [0.05, 0.1) is 6.10 Å². The largest absolute Gasteiger partial charge is 0.463 e. The van der Waals surface area contributed by atoms with Crippen LogP contribution in [0.1, 0.15) is 40.5 Å². The topological polar surface area (TPSA) is 99.1 Å². The van der Waals surface area contributed by atoms with E-state index in [1.165, 1.54) is 20.8 Å². The van der Waals surface area contributed by atoms with E-state index in [2.05, 4.69) is 4.74 Å². The van der Waals surface area contributed by atoms with Crippen LogP contribution < -0.4 is 0 Å². The molecule has 1 saturated heterocycles. The van der Waals surface area contributed by atoms with Crippen LogP contribution in [0.25, 0.3) is 0 Å². The van der Waals surface area contributed by atoms with Crippen LogP contribution in [0.4, 0.5) is 0 Å². The fraction of sp³-hybridized carbons (Fsp3) is 0.786. The van der Waals surface area contributed by atoms with Gasteiger partial charge in [0, 0.05) is 13.8 Å². The average molecular weight is 302 g/mol. The smallest absolute Gasteiger partial charge is 0.303 e. The van der Waals surface area contributed by atoms with Crippen molar-refractivity contribution in [3.63, 3.8) is 0 Å². The normalized spacial score (nSPS) is 27.8. The summed E-state index contributed by atoms with van der Waals surface area (Å²) in [6, 6.07) is 0. The molecule has 0 amide bonds. The average Bonchev–Trinajstić information content (AvgIpc) is 2.78. The van der Waals surface area contributed by atoms with Crippen LogP contribution in [0, 0.1) is 0 Å². The van der Waals surface area contributed by atoms with Crippen molar-refractivity contribution in [2.24, 2.45) is 0 Å². The van der Waals surface area contributed by atoms with Crippen molar-refractivity contribution in [2.75, 3.05) is 13.2 Å². The third-order valence-electron chi connectivity index (χ3n) is 3.54. The summed E-state index contributed by atoms with van der Waals surface area (Å²) >= 11 is 0. The van der Waals surface area contributed by atoms with Crippen LogP contribution in [0.2, 0.25) is 0 Å².